The van der Waals surface area contributed by atoms with Crippen LogP contribution < -0.4 is 10.2 Å². The monoisotopic (exact) mass is 397 g/mol. The van der Waals surface area contributed by atoms with E-state index in [9.17, 15) is 27.9 Å². The number of carbonyl (C=O) groups excluding carboxylic acids is 2. The van der Waals surface area contributed by atoms with Crippen LogP contribution >= 0.6 is 0 Å². The molecular weight excluding hydrogens is 374 g/mol. The largest absolute Gasteiger partial charge is 0.480 e. The van der Waals surface area contributed by atoms with Crippen molar-refractivity contribution in [2.75, 3.05) is 24.5 Å². The van der Waals surface area contributed by atoms with Gasteiger partial charge < -0.3 is 15.3 Å². The molecule has 0 saturated heterocycles. The van der Waals surface area contributed by atoms with Gasteiger partial charge in [-0.3, -0.25) is 14.4 Å². The van der Waals surface area contributed by atoms with Crippen LogP contribution in [0.2, 0.25) is 0 Å². The van der Waals surface area contributed by atoms with Crippen LogP contribution in [0.4, 0.5) is 5.69 Å². The van der Waals surface area contributed by atoms with Crippen molar-refractivity contribution >= 4 is 33.5 Å². The molecule has 2 rings (SSSR count). The van der Waals surface area contributed by atoms with E-state index in [1.54, 1.807) is 11.0 Å². The molecule has 1 aromatic carbocycles. The molecule has 1 aliphatic heterocycles. The second kappa shape index (κ2) is 8.05. The molecule has 0 aromatic heterocycles. The first-order valence-corrected chi connectivity index (χ1v) is 9.90. The van der Waals surface area contributed by atoms with Gasteiger partial charge in [-0.05, 0) is 37.1 Å². The normalized spacial score (nSPS) is 14.7. The molecule has 1 heterocycles. The summed E-state index contributed by atoms with van der Waals surface area (Å²) in [6.07, 6.45) is 0.526. The zero-order chi connectivity index (χ0) is 20.4. The van der Waals surface area contributed by atoms with Crippen LogP contribution in [0.3, 0.4) is 0 Å². The third-order valence-corrected chi connectivity index (χ3v) is 6.39. The quantitative estimate of drug-likeness (QED) is 0.677. The van der Waals surface area contributed by atoms with Crippen molar-refractivity contribution in [1.29, 1.82) is 0 Å². The molecule has 2 amide bonds. The minimum atomic E-state index is -4.10. The molecule has 0 saturated carbocycles. The lowest BCUT2D eigenvalue weighted by molar-refractivity contribution is -0.140. The molecule has 27 heavy (non-hydrogen) atoms. The lowest BCUT2D eigenvalue weighted by Crippen LogP contribution is -2.46. The summed E-state index contributed by atoms with van der Waals surface area (Å²) in [6, 6.07) is 3.11. The van der Waals surface area contributed by atoms with Crippen LogP contribution in [0.5, 0.6) is 0 Å². The van der Waals surface area contributed by atoms with Crippen molar-refractivity contribution in [2.45, 2.75) is 38.1 Å². The first-order chi connectivity index (χ1) is 12.6. The molecule has 0 spiro atoms. The zero-order valence-corrected chi connectivity index (χ0v) is 16.2. The van der Waals surface area contributed by atoms with E-state index in [-0.39, 0.29) is 29.8 Å². The Morgan fingerprint density at radius 3 is 2.52 bits per heavy atom. The van der Waals surface area contributed by atoms with E-state index in [0.717, 1.165) is 9.87 Å². The molecule has 10 heteroatoms. The topological polar surface area (TPSA) is 124 Å². The Morgan fingerprint density at radius 2 is 1.96 bits per heavy atom. The minimum absolute atomic E-state index is 0.00472. The van der Waals surface area contributed by atoms with Crippen molar-refractivity contribution in [3.8, 4) is 0 Å². The van der Waals surface area contributed by atoms with Crippen molar-refractivity contribution in [3.05, 3.63) is 23.8 Å². The summed E-state index contributed by atoms with van der Waals surface area (Å²) in [5.74, 6) is -1.75. The molecule has 1 unspecified atom stereocenters. The Labute approximate surface area is 158 Å². The van der Waals surface area contributed by atoms with Crippen LogP contribution in [0, 0.1) is 0 Å². The first-order valence-electron chi connectivity index (χ1n) is 8.46. The summed E-state index contributed by atoms with van der Waals surface area (Å²) in [5.41, 5.74) is 1.38. The molecule has 2 N–H and O–H groups in total. The van der Waals surface area contributed by atoms with E-state index in [1.165, 1.54) is 32.9 Å². The van der Waals surface area contributed by atoms with Crippen molar-refractivity contribution in [3.63, 3.8) is 0 Å². The standard InChI is InChI=1S/C17H23N3O6S/c1-11(17(23)24)20(9-7-18-12(2)21)27(25,26)15-4-5-16-14(10-15)6-8-19(16)13(3)22/h4-5,10-11H,6-9H2,1-3H3,(H,18,21)(H,23,24). The fourth-order valence-electron chi connectivity index (χ4n) is 2.99. The molecule has 0 radical (unpaired) electrons. The highest BCUT2D eigenvalue weighted by Crippen LogP contribution is 2.31. The predicted molar refractivity (Wildman–Crippen MR) is 97.8 cm³/mol. The molecule has 9 nitrogen and oxygen atoms in total. The van der Waals surface area contributed by atoms with Crippen LogP contribution in [-0.2, 0) is 30.8 Å². The Hall–Kier alpha value is -2.46. The van der Waals surface area contributed by atoms with Gasteiger partial charge in [-0.25, -0.2) is 8.42 Å². The summed E-state index contributed by atoms with van der Waals surface area (Å²) < 4.78 is 26.9. The summed E-state index contributed by atoms with van der Waals surface area (Å²) in [7, 11) is -4.10. The van der Waals surface area contributed by atoms with Crippen LogP contribution in [-0.4, -0.2) is 61.3 Å². The number of fused-ring (bicyclic) bond motifs is 1. The average Bonchev–Trinajstić information content (AvgIpc) is 3.01. The lowest BCUT2D eigenvalue weighted by Gasteiger charge is -2.26. The average molecular weight is 397 g/mol. The lowest BCUT2D eigenvalue weighted by atomic mass is 10.2. The number of nitrogens with zero attached hydrogens (tertiary/aromatic N) is 2. The fraction of sp³-hybridized carbons (Fsp3) is 0.471. The number of sulfonamides is 1. The van der Waals surface area contributed by atoms with Gasteiger partial charge in [-0.2, -0.15) is 4.31 Å². The SMILES string of the molecule is CC(=O)NCCN(C(C)C(=O)O)S(=O)(=O)c1ccc2c(c1)CCN2C(C)=O. The van der Waals surface area contributed by atoms with E-state index in [1.807, 2.05) is 0 Å². The van der Waals surface area contributed by atoms with Gasteiger partial charge in [0.1, 0.15) is 6.04 Å². The smallest absolute Gasteiger partial charge is 0.321 e. The maximum atomic E-state index is 13.0. The number of anilines is 1. The summed E-state index contributed by atoms with van der Waals surface area (Å²) in [6.45, 7) is 4.31. The number of rotatable bonds is 7. The highest BCUT2D eigenvalue weighted by molar-refractivity contribution is 7.89. The van der Waals surface area contributed by atoms with Gasteiger partial charge in [0, 0.05) is 39.2 Å². The molecule has 0 fully saturated rings. The van der Waals surface area contributed by atoms with E-state index in [2.05, 4.69) is 5.32 Å². The number of hydrogen-bond acceptors (Lipinski definition) is 5. The number of nitrogens with one attached hydrogen (secondary N) is 1. The highest BCUT2D eigenvalue weighted by Gasteiger charge is 2.34. The fourth-order valence-corrected chi connectivity index (χ4v) is 4.63. The van der Waals surface area contributed by atoms with E-state index in [0.29, 0.717) is 18.7 Å². The van der Waals surface area contributed by atoms with Gasteiger partial charge in [0.2, 0.25) is 21.8 Å². The summed E-state index contributed by atoms with van der Waals surface area (Å²) >= 11 is 0. The van der Waals surface area contributed by atoms with Gasteiger partial charge >= 0.3 is 5.97 Å². The van der Waals surface area contributed by atoms with Crippen LogP contribution in [0.1, 0.15) is 26.3 Å². The number of benzene rings is 1. The maximum Gasteiger partial charge on any atom is 0.321 e. The van der Waals surface area contributed by atoms with Crippen LogP contribution in [0.15, 0.2) is 23.1 Å². The third kappa shape index (κ3) is 4.45. The van der Waals surface area contributed by atoms with E-state index >= 15 is 0 Å². The molecule has 148 valence electrons. The second-order valence-corrected chi connectivity index (χ2v) is 8.21. The Morgan fingerprint density at radius 1 is 1.30 bits per heavy atom. The Balaban J connectivity index is 2.36. The van der Waals surface area contributed by atoms with Crippen molar-refractivity contribution < 1.29 is 27.9 Å². The molecule has 0 bridgehead atoms. The number of hydrogen-bond donors (Lipinski definition) is 2. The zero-order valence-electron chi connectivity index (χ0n) is 15.4. The van der Waals surface area contributed by atoms with Crippen LogP contribution in [0.25, 0.3) is 0 Å². The minimum Gasteiger partial charge on any atom is -0.480 e. The van der Waals surface area contributed by atoms with Gasteiger partial charge in [-0.1, -0.05) is 0 Å². The number of carbonyl (C=O) groups is 3. The number of carboxylic acids is 1. The second-order valence-electron chi connectivity index (χ2n) is 6.32. The van der Waals surface area contributed by atoms with Gasteiger partial charge in [0.25, 0.3) is 0 Å². The molecule has 0 aliphatic carbocycles. The van der Waals surface area contributed by atoms with E-state index < -0.39 is 22.0 Å². The maximum absolute atomic E-state index is 13.0. The van der Waals surface area contributed by atoms with Crippen molar-refractivity contribution in [2.24, 2.45) is 0 Å². The highest BCUT2D eigenvalue weighted by atomic mass is 32.2. The van der Waals surface area contributed by atoms with Gasteiger partial charge in [-0.15, -0.1) is 0 Å². The Kier molecular flexibility index (Phi) is 6.22. The Bertz CT molecular complexity index is 867. The number of aliphatic carboxylic acids is 1. The first kappa shape index (κ1) is 20.8. The summed E-state index contributed by atoms with van der Waals surface area (Å²) in [5, 5.41) is 11.8. The van der Waals surface area contributed by atoms with E-state index in [4.69, 9.17) is 0 Å². The summed E-state index contributed by atoms with van der Waals surface area (Å²) in [4.78, 5) is 35.6. The molecule has 1 atom stereocenters. The van der Waals surface area contributed by atoms with Gasteiger partial charge in [0.15, 0.2) is 0 Å². The molecule has 1 aliphatic rings. The molecular formula is C17H23N3O6S. The van der Waals surface area contributed by atoms with Gasteiger partial charge in [0.05, 0.1) is 4.90 Å². The number of carboxylic acid groups (broad SMARTS) is 1. The predicted octanol–water partition coefficient (Wildman–Crippen LogP) is 0.196. The third-order valence-electron chi connectivity index (χ3n) is 4.43. The van der Waals surface area contributed by atoms with Crippen molar-refractivity contribution in [1.82, 2.24) is 9.62 Å². The molecule has 1 aromatic rings. The number of amides is 2.